The third-order valence-electron chi connectivity index (χ3n) is 1.38. The second-order valence-corrected chi connectivity index (χ2v) is 3.00. The molecule has 0 aromatic heterocycles. The van der Waals surface area contributed by atoms with Gasteiger partial charge in [0.05, 0.1) is 4.91 Å². The molecule has 1 N–H and O–H groups in total. The van der Waals surface area contributed by atoms with Gasteiger partial charge in [0.25, 0.3) is 5.91 Å². The van der Waals surface area contributed by atoms with Crippen molar-refractivity contribution < 1.29 is 4.79 Å². The summed E-state index contributed by atoms with van der Waals surface area (Å²) in [7, 11) is 0. The van der Waals surface area contributed by atoms with Gasteiger partial charge >= 0.3 is 0 Å². The predicted octanol–water partition coefficient (Wildman–Crippen LogP) is 2.46. The van der Waals surface area contributed by atoms with Crippen molar-refractivity contribution in [1.29, 1.82) is 0 Å². The van der Waals surface area contributed by atoms with Crippen LogP contribution in [0.3, 0.4) is 0 Å². The average molecular weight is 197 g/mol. The smallest absolute Gasteiger partial charge is 0.258 e. The number of hydrogen-bond donors (Lipinski definition) is 1. The van der Waals surface area contributed by atoms with E-state index >= 15 is 0 Å². The Balaban J connectivity index is 0.000000671. The molecule has 1 aliphatic rings. The van der Waals surface area contributed by atoms with Crippen LogP contribution in [0.2, 0.25) is 0 Å². The number of nitrogens with one attached hydrogen (secondary N) is 1. The van der Waals surface area contributed by atoms with Crippen molar-refractivity contribution in [2.24, 2.45) is 0 Å². The monoisotopic (exact) mass is 197 g/mol. The van der Waals surface area contributed by atoms with Gasteiger partial charge in [-0.1, -0.05) is 44.8 Å². The van der Waals surface area contributed by atoms with Crippen molar-refractivity contribution in [3.63, 3.8) is 0 Å². The molecule has 0 bridgehead atoms. The zero-order chi connectivity index (χ0) is 10.3. The zero-order valence-corrected chi connectivity index (χ0v) is 8.91. The Kier molecular flexibility index (Phi) is 6.06. The van der Waals surface area contributed by atoms with E-state index in [0.717, 1.165) is 10.5 Å². The van der Waals surface area contributed by atoms with Gasteiger partial charge in [0.15, 0.2) is 0 Å². The van der Waals surface area contributed by atoms with Crippen molar-refractivity contribution in [2.45, 2.75) is 13.8 Å². The number of carbonyl (C=O) groups is 1. The summed E-state index contributed by atoms with van der Waals surface area (Å²) in [6, 6.07) is 0. The Hall–Kier alpha value is -0.960. The van der Waals surface area contributed by atoms with Crippen molar-refractivity contribution in [2.75, 3.05) is 6.54 Å². The standard InChI is InChI=1S/C8H9NOS.C2H6/c1-3-6-5-9-8(10)7(6)11-4-2;1-2/h3-4H,1-2,5H2,(H,9,10);1-2H3. The fourth-order valence-electron chi connectivity index (χ4n) is 0.859. The van der Waals surface area contributed by atoms with Gasteiger partial charge in [-0.2, -0.15) is 0 Å². The molecule has 0 atom stereocenters. The first-order valence-corrected chi connectivity index (χ1v) is 5.09. The lowest BCUT2D eigenvalue weighted by Crippen LogP contribution is -2.16. The molecule has 0 saturated carbocycles. The van der Waals surface area contributed by atoms with E-state index in [9.17, 15) is 4.79 Å². The Morgan fingerprint density at radius 1 is 1.46 bits per heavy atom. The van der Waals surface area contributed by atoms with Gasteiger partial charge in [-0.15, -0.1) is 0 Å². The maximum Gasteiger partial charge on any atom is 0.258 e. The van der Waals surface area contributed by atoms with Crippen LogP contribution < -0.4 is 5.32 Å². The van der Waals surface area contributed by atoms with Gasteiger partial charge in [-0.25, -0.2) is 0 Å². The van der Waals surface area contributed by atoms with E-state index < -0.39 is 0 Å². The molecule has 1 rings (SSSR count). The van der Waals surface area contributed by atoms with Gasteiger partial charge in [-0.3, -0.25) is 4.79 Å². The van der Waals surface area contributed by atoms with E-state index in [0.29, 0.717) is 6.54 Å². The summed E-state index contributed by atoms with van der Waals surface area (Å²) in [5.41, 5.74) is 0.958. The fraction of sp³-hybridized carbons (Fsp3) is 0.300. The topological polar surface area (TPSA) is 29.1 Å². The van der Waals surface area contributed by atoms with Crippen LogP contribution in [0.4, 0.5) is 0 Å². The van der Waals surface area contributed by atoms with Gasteiger partial charge in [0, 0.05) is 6.54 Å². The molecule has 1 amide bonds. The van der Waals surface area contributed by atoms with Crippen LogP contribution in [-0.4, -0.2) is 12.5 Å². The molecule has 3 heteroatoms. The number of hydrogen-bond acceptors (Lipinski definition) is 2. The molecule has 0 aromatic carbocycles. The highest BCUT2D eigenvalue weighted by Gasteiger charge is 2.19. The number of thioether (sulfide) groups is 1. The molecule has 13 heavy (non-hydrogen) atoms. The molecule has 0 aliphatic carbocycles. The molecule has 0 spiro atoms. The third-order valence-corrected chi connectivity index (χ3v) is 2.23. The quantitative estimate of drug-likeness (QED) is 0.753. The first-order chi connectivity index (χ1) is 6.29. The minimum absolute atomic E-state index is 0.0233. The lowest BCUT2D eigenvalue weighted by Gasteiger charge is -1.93. The van der Waals surface area contributed by atoms with Crippen LogP contribution in [-0.2, 0) is 4.79 Å². The van der Waals surface area contributed by atoms with E-state index in [1.807, 2.05) is 13.8 Å². The minimum atomic E-state index is -0.0233. The van der Waals surface area contributed by atoms with Crippen LogP contribution >= 0.6 is 11.8 Å². The molecule has 0 unspecified atom stereocenters. The van der Waals surface area contributed by atoms with Gasteiger partial charge < -0.3 is 5.32 Å². The van der Waals surface area contributed by atoms with Crippen molar-refractivity contribution in [3.05, 3.63) is 35.1 Å². The van der Waals surface area contributed by atoms with E-state index in [1.165, 1.54) is 11.8 Å². The van der Waals surface area contributed by atoms with E-state index in [1.54, 1.807) is 11.5 Å². The summed E-state index contributed by atoms with van der Waals surface area (Å²) in [6.45, 7) is 11.7. The maximum atomic E-state index is 11.0. The SMILES string of the molecule is C=CSC1=C(C=C)CNC1=O.CC. The molecule has 1 aliphatic heterocycles. The lowest BCUT2D eigenvalue weighted by molar-refractivity contribution is -0.116. The molecule has 2 nitrogen and oxygen atoms in total. The molecule has 0 saturated heterocycles. The first-order valence-electron chi connectivity index (χ1n) is 4.21. The van der Waals surface area contributed by atoms with Crippen molar-refractivity contribution >= 4 is 17.7 Å². The van der Waals surface area contributed by atoms with Crippen LogP contribution in [0.5, 0.6) is 0 Å². The van der Waals surface area contributed by atoms with Gasteiger partial charge in [0.1, 0.15) is 0 Å². The van der Waals surface area contributed by atoms with Crippen LogP contribution in [0.1, 0.15) is 13.8 Å². The van der Waals surface area contributed by atoms with Gasteiger partial charge in [0.2, 0.25) is 0 Å². The normalized spacial score (nSPS) is 14.5. The highest BCUT2D eigenvalue weighted by Crippen LogP contribution is 2.24. The molecule has 0 radical (unpaired) electrons. The minimum Gasteiger partial charge on any atom is -0.347 e. The first kappa shape index (κ1) is 12.0. The number of amides is 1. The highest BCUT2D eigenvalue weighted by atomic mass is 32.2. The average Bonchev–Trinajstić information content (AvgIpc) is 2.52. The second kappa shape index (κ2) is 6.54. The molecular formula is C10H15NOS. The third kappa shape index (κ3) is 3.11. The Morgan fingerprint density at radius 2 is 2.08 bits per heavy atom. The highest BCUT2D eigenvalue weighted by molar-refractivity contribution is 8.06. The molecule has 0 fully saturated rings. The summed E-state index contributed by atoms with van der Waals surface area (Å²) in [5, 5.41) is 4.35. The molecule has 72 valence electrons. The second-order valence-electron chi connectivity index (χ2n) is 2.03. The summed E-state index contributed by atoms with van der Waals surface area (Å²) in [6.07, 6.45) is 1.70. The van der Waals surface area contributed by atoms with Crippen molar-refractivity contribution in [1.82, 2.24) is 5.32 Å². The number of rotatable bonds is 3. The van der Waals surface area contributed by atoms with E-state index in [4.69, 9.17) is 0 Å². The summed E-state index contributed by atoms with van der Waals surface area (Å²) in [5.74, 6) is -0.0233. The largest absolute Gasteiger partial charge is 0.347 e. The van der Waals surface area contributed by atoms with Crippen LogP contribution in [0.25, 0.3) is 0 Å². The summed E-state index contributed by atoms with van der Waals surface area (Å²) in [4.78, 5) is 11.8. The predicted molar refractivity (Wildman–Crippen MR) is 59.4 cm³/mol. The van der Waals surface area contributed by atoms with Crippen LogP contribution in [0, 0.1) is 0 Å². The maximum absolute atomic E-state index is 11.0. The fourth-order valence-corrected chi connectivity index (χ4v) is 1.51. The Labute approximate surface area is 83.8 Å². The summed E-state index contributed by atoms with van der Waals surface area (Å²) < 4.78 is 0. The molecule has 0 aromatic rings. The lowest BCUT2D eigenvalue weighted by atomic mass is 10.3. The van der Waals surface area contributed by atoms with Crippen LogP contribution in [0.15, 0.2) is 35.1 Å². The summed E-state index contributed by atoms with van der Waals surface area (Å²) >= 11 is 1.34. The zero-order valence-electron chi connectivity index (χ0n) is 8.09. The van der Waals surface area contributed by atoms with Gasteiger partial charge in [-0.05, 0) is 11.0 Å². The molecular weight excluding hydrogens is 182 g/mol. The van der Waals surface area contributed by atoms with E-state index in [-0.39, 0.29) is 5.91 Å². The van der Waals surface area contributed by atoms with E-state index in [2.05, 4.69) is 18.5 Å². The number of carbonyl (C=O) groups excluding carboxylic acids is 1. The van der Waals surface area contributed by atoms with Crippen molar-refractivity contribution in [3.8, 4) is 0 Å². The molecule has 1 heterocycles. The Morgan fingerprint density at radius 3 is 2.54 bits per heavy atom. The Bertz CT molecular complexity index is 243.